The third-order valence-corrected chi connectivity index (χ3v) is 5.29. The van der Waals surface area contributed by atoms with E-state index < -0.39 is 0 Å². The molecule has 3 rings (SSSR count). The van der Waals surface area contributed by atoms with E-state index in [1.807, 2.05) is 6.26 Å². The van der Waals surface area contributed by atoms with Crippen LogP contribution in [0.1, 0.15) is 18.4 Å². The maximum absolute atomic E-state index is 12.4. The number of hydrogen-bond donors (Lipinski definition) is 1. The van der Waals surface area contributed by atoms with Crippen LogP contribution >= 0.6 is 11.8 Å². The Labute approximate surface area is 145 Å². The lowest BCUT2D eigenvalue weighted by Crippen LogP contribution is -2.42. The van der Waals surface area contributed by atoms with Gasteiger partial charge in [-0.25, -0.2) is 4.79 Å². The number of urea groups is 1. The van der Waals surface area contributed by atoms with Gasteiger partial charge in [0.2, 0.25) is 11.8 Å². The standard InChI is InChI=1S/C17H21N3O3S/c1-24-14-5-2-12(3-6-14)4-7-15(21)19-9-8-13(11-19)20-16(22)10-18-17(20)23/h2-3,5-6,13H,4,7-11H2,1H3,(H,18,23). The Bertz CT molecular complexity index is 631. The van der Waals surface area contributed by atoms with Gasteiger partial charge in [-0.2, -0.15) is 0 Å². The zero-order valence-electron chi connectivity index (χ0n) is 13.7. The van der Waals surface area contributed by atoms with Crippen LogP contribution in [0.25, 0.3) is 0 Å². The summed E-state index contributed by atoms with van der Waals surface area (Å²) in [4.78, 5) is 40.1. The van der Waals surface area contributed by atoms with E-state index in [1.54, 1.807) is 16.7 Å². The van der Waals surface area contributed by atoms with Gasteiger partial charge in [-0.05, 0) is 36.8 Å². The second-order valence-corrected chi connectivity index (χ2v) is 6.93. The molecule has 24 heavy (non-hydrogen) atoms. The molecular weight excluding hydrogens is 326 g/mol. The van der Waals surface area contributed by atoms with E-state index >= 15 is 0 Å². The Kier molecular flexibility index (Phi) is 5.08. The summed E-state index contributed by atoms with van der Waals surface area (Å²) < 4.78 is 0. The van der Waals surface area contributed by atoms with Crippen molar-refractivity contribution >= 4 is 29.6 Å². The highest BCUT2D eigenvalue weighted by Gasteiger charge is 2.39. The minimum absolute atomic E-state index is 0.0648. The largest absolute Gasteiger partial charge is 0.341 e. The first-order chi connectivity index (χ1) is 11.6. The number of nitrogens with one attached hydrogen (secondary N) is 1. The molecule has 128 valence electrons. The molecule has 0 spiro atoms. The molecule has 0 bridgehead atoms. The second-order valence-electron chi connectivity index (χ2n) is 6.05. The van der Waals surface area contributed by atoms with Crippen molar-refractivity contribution in [3.8, 4) is 0 Å². The molecule has 1 unspecified atom stereocenters. The molecule has 2 aliphatic rings. The SMILES string of the molecule is CSc1ccc(CCC(=O)N2CCC(N3C(=O)CNC3=O)C2)cc1. The van der Waals surface area contributed by atoms with Crippen LogP contribution in [0.3, 0.4) is 0 Å². The molecule has 1 aromatic rings. The number of carbonyl (C=O) groups is 3. The lowest BCUT2D eigenvalue weighted by molar-refractivity contribution is -0.131. The molecule has 2 heterocycles. The fourth-order valence-corrected chi connectivity index (χ4v) is 3.59. The molecule has 0 aliphatic carbocycles. The molecule has 0 saturated carbocycles. The number of benzene rings is 1. The minimum Gasteiger partial charge on any atom is -0.341 e. The van der Waals surface area contributed by atoms with Crippen molar-refractivity contribution in [3.05, 3.63) is 29.8 Å². The van der Waals surface area contributed by atoms with Crippen LogP contribution in [-0.2, 0) is 16.0 Å². The number of nitrogens with zero attached hydrogens (tertiary/aromatic N) is 2. The van der Waals surface area contributed by atoms with Gasteiger partial charge >= 0.3 is 6.03 Å². The number of aryl methyl sites for hydroxylation is 1. The second kappa shape index (κ2) is 7.25. The van der Waals surface area contributed by atoms with Crippen LogP contribution in [0, 0.1) is 0 Å². The number of hydrogen-bond acceptors (Lipinski definition) is 4. The number of thioether (sulfide) groups is 1. The van der Waals surface area contributed by atoms with E-state index in [2.05, 4.69) is 29.6 Å². The van der Waals surface area contributed by atoms with E-state index in [0.717, 1.165) is 5.56 Å². The van der Waals surface area contributed by atoms with Crippen molar-refractivity contribution in [1.82, 2.24) is 15.1 Å². The summed E-state index contributed by atoms with van der Waals surface area (Å²) in [5.41, 5.74) is 1.14. The minimum atomic E-state index is -0.340. The molecular formula is C17H21N3O3S. The molecule has 1 atom stereocenters. The third-order valence-electron chi connectivity index (χ3n) is 4.55. The fraction of sp³-hybridized carbons (Fsp3) is 0.471. The Balaban J connectivity index is 1.51. The normalized spacial score (nSPS) is 20.6. The van der Waals surface area contributed by atoms with Crippen LogP contribution < -0.4 is 5.32 Å². The van der Waals surface area contributed by atoms with Gasteiger partial charge in [-0.1, -0.05) is 12.1 Å². The average molecular weight is 347 g/mol. The molecule has 4 amide bonds. The van der Waals surface area contributed by atoms with E-state index in [9.17, 15) is 14.4 Å². The van der Waals surface area contributed by atoms with Crippen LogP contribution in [0.15, 0.2) is 29.2 Å². The van der Waals surface area contributed by atoms with Gasteiger partial charge < -0.3 is 10.2 Å². The van der Waals surface area contributed by atoms with Gasteiger partial charge in [0.05, 0.1) is 12.6 Å². The highest BCUT2D eigenvalue weighted by molar-refractivity contribution is 7.98. The van der Waals surface area contributed by atoms with Crippen molar-refractivity contribution < 1.29 is 14.4 Å². The smallest absolute Gasteiger partial charge is 0.324 e. The van der Waals surface area contributed by atoms with Gasteiger partial charge in [0.25, 0.3) is 0 Å². The molecule has 0 radical (unpaired) electrons. The monoisotopic (exact) mass is 347 g/mol. The maximum atomic E-state index is 12.4. The molecule has 6 nitrogen and oxygen atoms in total. The number of rotatable bonds is 5. The highest BCUT2D eigenvalue weighted by atomic mass is 32.2. The summed E-state index contributed by atoms with van der Waals surface area (Å²) in [7, 11) is 0. The van der Waals surface area contributed by atoms with Crippen molar-refractivity contribution in [3.63, 3.8) is 0 Å². The first-order valence-corrected chi connectivity index (χ1v) is 9.31. The summed E-state index contributed by atoms with van der Waals surface area (Å²) in [6.45, 7) is 1.12. The molecule has 1 N–H and O–H groups in total. The van der Waals surface area contributed by atoms with Crippen molar-refractivity contribution in [2.45, 2.75) is 30.2 Å². The van der Waals surface area contributed by atoms with Gasteiger partial charge in [0.1, 0.15) is 0 Å². The van der Waals surface area contributed by atoms with Crippen molar-refractivity contribution in [1.29, 1.82) is 0 Å². The summed E-state index contributed by atoms with van der Waals surface area (Å²) in [6, 6.07) is 7.71. The van der Waals surface area contributed by atoms with Crippen molar-refractivity contribution in [2.75, 3.05) is 25.9 Å². The predicted octanol–water partition coefficient (Wildman–Crippen LogP) is 1.49. The zero-order valence-corrected chi connectivity index (χ0v) is 14.5. The van der Waals surface area contributed by atoms with Crippen LogP contribution in [0.5, 0.6) is 0 Å². The molecule has 1 aromatic carbocycles. The van der Waals surface area contributed by atoms with Gasteiger partial charge in [0.15, 0.2) is 0 Å². The lowest BCUT2D eigenvalue weighted by atomic mass is 10.1. The van der Waals surface area contributed by atoms with Crippen LogP contribution in [0.4, 0.5) is 4.79 Å². The van der Waals surface area contributed by atoms with Crippen molar-refractivity contribution in [2.24, 2.45) is 0 Å². The maximum Gasteiger partial charge on any atom is 0.324 e. The third kappa shape index (κ3) is 3.56. The average Bonchev–Trinajstić information content (AvgIpc) is 3.20. The van der Waals surface area contributed by atoms with Crippen LogP contribution in [0.2, 0.25) is 0 Å². The summed E-state index contributed by atoms with van der Waals surface area (Å²) in [5, 5.41) is 2.53. The van der Waals surface area contributed by atoms with E-state index in [1.165, 1.54) is 9.80 Å². The Hall–Kier alpha value is -2.02. The van der Waals surface area contributed by atoms with E-state index in [0.29, 0.717) is 32.4 Å². The molecule has 7 heteroatoms. The number of imide groups is 1. The molecule has 2 fully saturated rings. The number of likely N-dealkylation sites (tertiary alicyclic amines) is 1. The van der Waals surface area contributed by atoms with Gasteiger partial charge in [-0.3, -0.25) is 14.5 Å². The summed E-state index contributed by atoms with van der Waals surface area (Å²) >= 11 is 1.69. The lowest BCUT2D eigenvalue weighted by Gasteiger charge is -2.21. The first-order valence-electron chi connectivity index (χ1n) is 8.09. The first kappa shape index (κ1) is 16.8. The van der Waals surface area contributed by atoms with Gasteiger partial charge in [-0.15, -0.1) is 11.8 Å². The Morgan fingerprint density at radius 3 is 2.67 bits per heavy atom. The predicted molar refractivity (Wildman–Crippen MR) is 91.8 cm³/mol. The zero-order chi connectivity index (χ0) is 17.1. The van der Waals surface area contributed by atoms with Gasteiger partial charge in [0, 0.05) is 24.4 Å². The Morgan fingerprint density at radius 2 is 2.04 bits per heavy atom. The highest BCUT2D eigenvalue weighted by Crippen LogP contribution is 2.20. The number of amides is 4. The van der Waals surface area contributed by atoms with E-state index in [4.69, 9.17) is 0 Å². The fourth-order valence-electron chi connectivity index (χ4n) is 3.18. The quantitative estimate of drug-likeness (QED) is 0.647. The van der Waals surface area contributed by atoms with Crippen LogP contribution in [-0.4, -0.2) is 59.6 Å². The Morgan fingerprint density at radius 1 is 1.29 bits per heavy atom. The van der Waals surface area contributed by atoms with E-state index in [-0.39, 0.29) is 30.4 Å². The topological polar surface area (TPSA) is 69.7 Å². The summed E-state index contributed by atoms with van der Waals surface area (Å²) in [6.07, 6.45) is 3.85. The number of carbonyl (C=O) groups excluding carboxylic acids is 3. The summed E-state index contributed by atoms with van der Waals surface area (Å²) in [5.74, 6) is -0.119. The molecule has 0 aromatic heterocycles. The molecule has 2 aliphatic heterocycles. The molecule has 2 saturated heterocycles.